The van der Waals surface area contributed by atoms with E-state index in [4.69, 9.17) is 4.74 Å². The smallest absolute Gasteiger partial charge is 0.167 e. The average molecular weight is 254 g/mol. The van der Waals surface area contributed by atoms with Crippen molar-refractivity contribution in [1.82, 2.24) is 0 Å². The number of hydrogen-bond donors (Lipinski definition) is 1. The third kappa shape index (κ3) is 2.91. The first-order chi connectivity index (χ1) is 8.22. The minimum atomic E-state index is -0.367. The zero-order valence-electron chi connectivity index (χ0n) is 9.87. The normalized spacial score (nSPS) is 19.0. The maximum absolute atomic E-state index is 13.5. The second kappa shape index (κ2) is 5.40. The molecular weight excluding hydrogens is 239 g/mol. The molecule has 1 heterocycles. The Hall–Kier alpha value is -1.23. The standard InChI is InChI=1S/C12H15FN2OS/c1-3-9-7-14-12(17-9)15-8-4-5-11(16-2)10(13)6-8/h4-6,9H,3,7H2,1-2H3,(H,14,15). The first-order valence-electron chi connectivity index (χ1n) is 5.54. The maximum Gasteiger partial charge on any atom is 0.167 e. The SMILES string of the molecule is CCC1CN=C(Nc2ccc(OC)c(F)c2)S1. The number of halogens is 1. The number of rotatable bonds is 3. The fourth-order valence-electron chi connectivity index (χ4n) is 1.57. The van der Waals surface area contributed by atoms with Crippen LogP contribution in [0.1, 0.15) is 13.3 Å². The topological polar surface area (TPSA) is 33.6 Å². The third-order valence-electron chi connectivity index (χ3n) is 2.58. The number of ether oxygens (including phenoxy) is 1. The molecule has 92 valence electrons. The lowest BCUT2D eigenvalue weighted by atomic mass is 10.3. The molecule has 1 aliphatic rings. The van der Waals surface area contributed by atoms with Gasteiger partial charge >= 0.3 is 0 Å². The largest absolute Gasteiger partial charge is 0.494 e. The van der Waals surface area contributed by atoms with E-state index in [1.165, 1.54) is 13.2 Å². The molecule has 3 nitrogen and oxygen atoms in total. The molecule has 0 radical (unpaired) electrons. The summed E-state index contributed by atoms with van der Waals surface area (Å²) in [7, 11) is 1.45. The Morgan fingerprint density at radius 3 is 3.00 bits per heavy atom. The second-order valence-corrected chi connectivity index (χ2v) is 5.06. The molecule has 2 rings (SSSR count). The molecule has 0 spiro atoms. The van der Waals surface area contributed by atoms with E-state index in [1.807, 2.05) is 0 Å². The Morgan fingerprint density at radius 1 is 1.59 bits per heavy atom. The molecule has 1 aromatic carbocycles. The van der Waals surface area contributed by atoms with Gasteiger partial charge in [-0.25, -0.2) is 4.39 Å². The molecular formula is C12H15FN2OS. The summed E-state index contributed by atoms with van der Waals surface area (Å²) in [6.07, 6.45) is 1.09. The van der Waals surface area contributed by atoms with Crippen LogP contribution in [0.15, 0.2) is 23.2 Å². The van der Waals surface area contributed by atoms with Crippen molar-refractivity contribution in [2.45, 2.75) is 18.6 Å². The van der Waals surface area contributed by atoms with Crippen LogP contribution in [0, 0.1) is 5.82 Å². The highest BCUT2D eigenvalue weighted by atomic mass is 32.2. The van der Waals surface area contributed by atoms with Gasteiger partial charge in [0.25, 0.3) is 0 Å². The van der Waals surface area contributed by atoms with Crippen LogP contribution in [0.2, 0.25) is 0 Å². The monoisotopic (exact) mass is 254 g/mol. The minimum Gasteiger partial charge on any atom is -0.494 e. The van der Waals surface area contributed by atoms with Crippen molar-refractivity contribution in [2.75, 3.05) is 19.0 Å². The van der Waals surface area contributed by atoms with Gasteiger partial charge in [-0.3, -0.25) is 4.99 Å². The lowest BCUT2D eigenvalue weighted by molar-refractivity contribution is 0.387. The number of benzene rings is 1. The fourth-order valence-corrected chi connectivity index (χ4v) is 2.52. The van der Waals surface area contributed by atoms with E-state index in [2.05, 4.69) is 17.2 Å². The minimum absolute atomic E-state index is 0.253. The maximum atomic E-state index is 13.5. The van der Waals surface area contributed by atoms with Gasteiger partial charge in [0, 0.05) is 17.0 Å². The molecule has 1 atom stereocenters. The zero-order valence-corrected chi connectivity index (χ0v) is 10.7. The van der Waals surface area contributed by atoms with E-state index in [0.717, 1.165) is 18.1 Å². The van der Waals surface area contributed by atoms with Crippen molar-refractivity contribution in [3.63, 3.8) is 0 Å². The van der Waals surface area contributed by atoms with Gasteiger partial charge in [-0.15, -0.1) is 0 Å². The van der Waals surface area contributed by atoms with Gasteiger partial charge in [-0.1, -0.05) is 18.7 Å². The lowest BCUT2D eigenvalue weighted by Gasteiger charge is -2.08. The number of hydrogen-bond acceptors (Lipinski definition) is 4. The molecule has 1 N–H and O–H groups in total. The van der Waals surface area contributed by atoms with E-state index in [0.29, 0.717) is 10.9 Å². The van der Waals surface area contributed by atoms with Crippen LogP contribution in [0.4, 0.5) is 10.1 Å². The van der Waals surface area contributed by atoms with Gasteiger partial charge in [0.15, 0.2) is 16.7 Å². The van der Waals surface area contributed by atoms with E-state index < -0.39 is 0 Å². The zero-order chi connectivity index (χ0) is 12.3. The average Bonchev–Trinajstić information content (AvgIpc) is 2.77. The number of nitrogens with zero attached hydrogens (tertiary/aromatic N) is 1. The van der Waals surface area contributed by atoms with Crippen molar-refractivity contribution in [1.29, 1.82) is 0 Å². The summed E-state index contributed by atoms with van der Waals surface area (Å²) in [6, 6.07) is 4.81. The molecule has 17 heavy (non-hydrogen) atoms. The molecule has 0 aliphatic carbocycles. The lowest BCUT2D eigenvalue weighted by Crippen LogP contribution is -2.07. The second-order valence-electron chi connectivity index (χ2n) is 3.77. The quantitative estimate of drug-likeness (QED) is 0.899. The van der Waals surface area contributed by atoms with Gasteiger partial charge in [-0.05, 0) is 18.6 Å². The highest BCUT2D eigenvalue weighted by molar-refractivity contribution is 8.15. The molecule has 0 saturated heterocycles. The molecule has 0 aromatic heterocycles. The van der Waals surface area contributed by atoms with Crippen molar-refractivity contribution >= 4 is 22.6 Å². The number of methoxy groups -OCH3 is 1. The number of aliphatic imine (C=N–C) groups is 1. The predicted octanol–water partition coefficient (Wildman–Crippen LogP) is 3.13. The van der Waals surface area contributed by atoms with Gasteiger partial charge < -0.3 is 10.1 Å². The predicted molar refractivity (Wildman–Crippen MR) is 70.5 cm³/mol. The van der Waals surface area contributed by atoms with Crippen LogP contribution in [0.5, 0.6) is 5.75 Å². The molecule has 5 heteroatoms. The number of thioether (sulfide) groups is 1. The first kappa shape index (κ1) is 12.2. The Balaban J connectivity index is 2.02. The highest BCUT2D eigenvalue weighted by Gasteiger charge is 2.17. The van der Waals surface area contributed by atoms with E-state index in [1.54, 1.807) is 23.9 Å². The van der Waals surface area contributed by atoms with Gasteiger partial charge in [-0.2, -0.15) is 0 Å². The van der Waals surface area contributed by atoms with Crippen molar-refractivity contribution in [3.05, 3.63) is 24.0 Å². The Morgan fingerprint density at radius 2 is 2.41 bits per heavy atom. The Labute approximate surface area is 104 Å². The molecule has 1 aromatic rings. The third-order valence-corrected chi connectivity index (χ3v) is 3.85. The van der Waals surface area contributed by atoms with E-state index in [9.17, 15) is 4.39 Å². The summed E-state index contributed by atoms with van der Waals surface area (Å²) in [5.74, 6) is -0.115. The summed E-state index contributed by atoms with van der Waals surface area (Å²) >= 11 is 1.71. The number of nitrogens with one attached hydrogen (secondary N) is 1. The van der Waals surface area contributed by atoms with Gasteiger partial charge in [0.1, 0.15) is 0 Å². The Bertz CT molecular complexity index is 437. The molecule has 0 saturated carbocycles. The number of anilines is 1. The van der Waals surface area contributed by atoms with Crippen LogP contribution in [-0.4, -0.2) is 24.1 Å². The van der Waals surface area contributed by atoms with Gasteiger partial charge in [0.2, 0.25) is 0 Å². The molecule has 1 unspecified atom stereocenters. The van der Waals surface area contributed by atoms with Crippen LogP contribution in [0.25, 0.3) is 0 Å². The highest BCUT2D eigenvalue weighted by Crippen LogP contribution is 2.26. The molecule has 1 aliphatic heterocycles. The Kier molecular flexibility index (Phi) is 3.89. The van der Waals surface area contributed by atoms with Crippen LogP contribution in [0.3, 0.4) is 0 Å². The summed E-state index contributed by atoms with van der Waals surface area (Å²) in [5, 5.41) is 4.52. The summed E-state index contributed by atoms with van der Waals surface area (Å²) in [5.41, 5.74) is 0.700. The molecule has 0 bridgehead atoms. The van der Waals surface area contributed by atoms with Crippen molar-refractivity contribution in [2.24, 2.45) is 4.99 Å². The van der Waals surface area contributed by atoms with Crippen molar-refractivity contribution < 1.29 is 9.13 Å². The summed E-state index contributed by atoms with van der Waals surface area (Å²) < 4.78 is 18.3. The summed E-state index contributed by atoms with van der Waals surface area (Å²) in [4.78, 5) is 4.37. The summed E-state index contributed by atoms with van der Waals surface area (Å²) in [6.45, 7) is 2.98. The van der Waals surface area contributed by atoms with Crippen LogP contribution < -0.4 is 10.1 Å². The van der Waals surface area contributed by atoms with E-state index in [-0.39, 0.29) is 11.6 Å². The molecule has 0 fully saturated rings. The van der Waals surface area contributed by atoms with Gasteiger partial charge in [0.05, 0.1) is 13.7 Å². The number of amidine groups is 1. The van der Waals surface area contributed by atoms with Crippen LogP contribution >= 0.6 is 11.8 Å². The molecule has 0 amide bonds. The van der Waals surface area contributed by atoms with Crippen molar-refractivity contribution in [3.8, 4) is 5.75 Å². The fraction of sp³-hybridized carbons (Fsp3) is 0.417. The van der Waals surface area contributed by atoms with E-state index >= 15 is 0 Å². The first-order valence-corrected chi connectivity index (χ1v) is 6.42. The van der Waals surface area contributed by atoms with Crippen LogP contribution in [-0.2, 0) is 0 Å².